The molecule has 0 heterocycles. The van der Waals surface area contributed by atoms with Gasteiger partial charge in [0.25, 0.3) is 0 Å². The topological polar surface area (TPSA) is 81.1 Å². The van der Waals surface area contributed by atoms with Crippen molar-refractivity contribution in [2.45, 2.75) is 225 Å². The van der Waals surface area contributed by atoms with Crippen molar-refractivity contribution in [1.82, 2.24) is 9.80 Å². The highest BCUT2D eigenvalue weighted by Crippen LogP contribution is 2.16. The third-order valence-corrected chi connectivity index (χ3v) is 9.92. The molecular weight excluding hydrogens is 584 g/mol. The normalized spacial score (nSPS) is 12.0. The van der Waals surface area contributed by atoms with Gasteiger partial charge in [0.2, 0.25) is 0 Å². The fraction of sp³-hybridized carbons (Fsp3) is 0.927. The second-order valence-electron chi connectivity index (χ2n) is 14.5. The van der Waals surface area contributed by atoms with E-state index in [0.717, 1.165) is 38.5 Å². The van der Waals surface area contributed by atoms with Crippen molar-refractivity contribution < 1.29 is 19.8 Å². The van der Waals surface area contributed by atoms with Crippen molar-refractivity contribution in [1.29, 1.82) is 0 Å². The largest absolute Gasteiger partial charge is 0.465 e. The average molecular weight is 666 g/mol. The van der Waals surface area contributed by atoms with Crippen LogP contribution >= 0.6 is 0 Å². The highest BCUT2D eigenvalue weighted by molar-refractivity contribution is 5.67. The summed E-state index contributed by atoms with van der Waals surface area (Å²) in [5.74, 6) is 0. The Hall–Kier alpha value is -1.46. The van der Waals surface area contributed by atoms with Gasteiger partial charge >= 0.3 is 12.2 Å². The van der Waals surface area contributed by atoms with Crippen LogP contribution in [0.5, 0.6) is 0 Å². The quantitative estimate of drug-likeness (QED) is 0.0647. The zero-order valence-electron chi connectivity index (χ0n) is 31.6. The molecule has 0 spiro atoms. The molecule has 2 N–H and O–H groups in total. The fourth-order valence-electron chi connectivity index (χ4n) is 6.73. The summed E-state index contributed by atoms with van der Waals surface area (Å²) in [4.78, 5) is 26.5. The first-order valence-electron chi connectivity index (χ1n) is 20.7. The molecular formula is C41H81N2O4. The molecule has 6 heteroatoms. The molecule has 0 aromatic carbocycles. The number of rotatable bonds is 37. The Labute approximate surface area is 293 Å². The molecule has 1 atom stereocenters. The molecule has 0 saturated heterocycles. The van der Waals surface area contributed by atoms with E-state index >= 15 is 0 Å². The molecule has 0 aromatic rings. The molecule has 0 rings (SSSR count). The summed E-state index contributed by atoms with van der Waals surface area (Å²) in [6.45, 7) is 9.59. The van der Waals surface area contributed by atoms with Gasteiger partial charge in [0.05, 0.1) is 6.04 Å². The van der Waals surface area contributed by atoms with Gasteiger partial charge in [-0.15, -0.1) is 0 Å². The summed E-state index contributed by atoms with van der Waals surface area (Å²) < 4.78 is 0. The van der Waals surface area contributed by atoms with Gasteiger partial charge in [-0.05, 0) is 19.8 Å². The number of nitrogens with zero attached hydrogens (tertiary/aromatic N) is 2. The van der Waals surface area contributed by atoms with Crippen molar-refractivity contribution in [3.63, 3.8) is 0 Å². The highest BCUT2D eigenvalue weighted by atomic mass is 16.4. The van der Waals surface area contributed by atoms with E-state index in [1.54, 1.807) is 0 Å². The first-order chi connectivity index (χ1) is 22.9. The van der Waals surface area contributed by atoms with Crippen LogP contribution in [0.3, 0.4) is 0 Å². The van der Waals surface area contributed by atoms with E-state index in [1.165, 1.54) is 177 Å². The molecule has 6 nitrogen and oxygen atoms in total. The molecule has 1 unspecified atom stereocenters. The number of amides is 2. The lowest BCUT2D eigenvalue weighted by atomic mass is 10.0. The van der Waals surface area contributed by atoms with E-state index in [4.69, 9.17) is 0 Å². The minimum absolute atomic E-state index is 0.138. The molecule has 0 aliphatic rings. The van der Waals surface area contributed by atoms with Crippen LogP contribution in [0.2, 0.25) is 0 Å². The highest BCUT2D eigenvalue weighted by Gasteiger charge is 2.23. The van der Waals surface area contributed by atoms with Gasteiger partial charge in [-0.3, -0.25) is 0 Å². The minimum Gasteiger partial charge on any atom is -0.465 e. The number of carboxylic acid groups (broad SMARTS) is 2. The summed E-state index contributed by atoms with van der Waals surface area (Å²) in [5, 5.41) is 19.5. The Balaban J connectivity index is 3.84. The molecule has 0 bridgehead atoms. The maximum Gasteiger partial charge on any atom is 0.407 e. The van der Waals surface area contributed by atoms with Crippen molar-refractivity contribution in [2.24, 2.45) is 0 Å². The zero-order chi connectivity index (χ0) is 34.6. The van der Waals surface area contributed by atoms with Crippen LogP contribution in [0.25, 0.3) is 0 Å². The molecule has 1 radical (unpaired) electrons. The summed E-state index contributed by atoms with van der Waals surface area (Å²) >= 11 is 0. The van der Waals surface area contributed by atoms with Crippen LogP contribution in [0.1, 0.15) is 219 Å². The van der Waals surface area contributed by atoms with Gasteiger partial charge in [-0.2, -0.15) is 0 Å². The third-order valence-electron chi connectivity index (χ3n) is 9.92. The second-order valence-corrected chi connectivity index (χ2v) is 14.5. The van der Waals surface area contributed by atoms with E-state index in [-0.39, 0.29) is 6.54 Å². The van der Waals surface area contributed by atoms with E-state index < -0.39 is 18.2 Å². The molecule has 0 fully saturated rings. The lowest BCUT2D eigenvalue weighted by Gasteiger charge is -2.30. The minimum atomic E-state index is -1.00. The lowest BCUT2D eigenvalue weighted by Crippen LogP contribution is -2.47. The summed E-state index contributed by atoms with van der Waals surface area (Å²) in [5.41, 5.74) is 0. The standard InChI is InChI=1S/C41H81N2O4/c1-4-6-8-10-12-14-16-18-20-22-24-26-28-30-32-34-36-42(40(44)45)38-39(3)43(41(46)47)37-35-33-31-29-27-25-23-21-19-17-15-13-11-9-7-5-2/h39H,3-38H2,1-2H3,(H,44,45)(H,46,47). The monoisotopic (exact) mass is 666 g/mol. The van der Waals surface area contributed by atoms with Crippen molar-refractivity contribution in [2.75, 3.05) is 19.6 Å². The van der Waals surface area contributed by atoms with Crippen LogP contribution in [0, 0.1) is 6.92 Å². The molecule has 0 aromatic heterocycles. The first kappa shape index (κ1) is 45.5. The SMILES string of the molecule is [CH2]C(CN(CCCCCCCCCCCCCCCCCC)C(=O)O)N(CCCCCCCCCCCCCCCCCC)C(=O)O. The van der Waals surface area contributed by atoms with Gasteiger partial charge in [0, 0.05) is 19.6 Å². The Morgan fingerprint density at radius 1 is 0.426 bits per heavy atom. The van der Waals surface area contributed by atoms with Gasteiger partial charge in [-0.1, -0.05) is 206 Å². The van der Waals surface area contributed by atoms with E-state index in [0.29, 0.717) is 13.1 Å². The van der Waals surface area contributed by atoms with Crippen LogP contribution < -0.4 is 0 Å². The van der Waals surface area contributed by atoms with E-state index in [2.05, 4.69) is 20.8 Å². The Bertz CT molecular complexity index is 674. The van der Waals surface area contributed by atoms with E-state index in [1.807, 2.05) is 0 Å². The predicted molar refractivity (Wildman–Crippen MR) is 203 cm³/mol. The van der Waals surface area contributed by atoms with Crippen molar-refractivity contribution >= 4 is 12.2 Å². The number of unbranched alkanes of at least 4 members (excludes halogenated alkanes) is 30. The van der Waals surface area contributed by atoms with Crippen LogP contribution in [-0.4, -0.2) is 57.9 Å². The third kappa shape index (κ3) is 31.6. The molecule has 0 aliphatic carbocycles. The van der Waals surface area contributed by atoms with Gasteiger partial charge in [0.1, 0.15) is 0 Å². The molecule has 279 valence electrons. The van der Waals surface area contributed by atoms with Gasteiger partial charge in [0.15, 0.2) is 0 Å². The molecule has 2 amide bonds. The summed E-state index contributed by atoms with van der Waals surface area (Å²) in [6.07, 6.45) is 39.2. The maximum absolute atomic E-state index is 11.9. The van der Waals surface area contributed by atoms with Crippen LogP contribution in [-0.2, 0) is 0 Å². The zero-order valence-corrected chi connectivity index (χ0v) is 31.6. The maximum atomic E-state index is 11.9. The fourth-order valence-corrected chi connectivity index (χ4v) is 6.73. The van der Waals surface area contributed by atoms with Crippen molar-refractivity contribution in [3.8, 4) is 0 Å². The summed E-state index contributed by atoms with van der Waals surface area (Å²) in [7, 11) is 0. The Kier molecular flexibility index (Phi) is 34.7. The smallest absolute Gasteiger partial charge is 0.407 e. The van der Waals surface area contributed by atoms with Gasteiger partial charge in [-0.25, -0.2) is 9.59 Å². The molecule has 0 aliphatic heterocycles. The predicted octanol–water partition coefficient (Wildman–Crippen LogP) is 13.7. The second kappa shape index (κ2) is 35.8. The lowest BCUT2D eigenvalue weighted by molar-refractivity contribution is 0.107. The number of carbonyl (C=O) groups is 2. The van der Waals surface area contributed by atoms with Crippen molar-refractivity contribution in [3.05, 3.63) is 6.92 Å². The molecule has 47 heavy (non-hydrogen) atoms. The Morgan fingerprint density at radius 2 is 0.681 bits per heavy atom. The number of hydrogen-bond acceptors (Lipinski definition) is 2. The average Bonchev–Trinajstić information content (AvgIpc) is 3.05. The Morgan fingerprint density at radius 3 is 0.936 bits per heavy atom. The van der Waals surface area contributed by atoms with E-state index in [9.17, 15) is 19.8 Å². The summed E-state index contributed by atoms with van der Waals surface area (Å²) in [6, 6.07) is -0.582. The van der Waals surface area contributed by atoms with Gasteiger partial charge < -0.3 is 20.0 Å². The van der Waals surface area contributed by atoms with Crippen LogP contribution in [0.15, 0.2) is 0 Å². The molecule has 0 saturated carbocycles. The number of hydrogen-bond donors (Lipinski definition) is 2. The first-order valence-corrected chi connectivity index (χ1v) is 20.7. The van der Waals surface area contributed by atoms with Crippen LogP contribution in [0.4, 0.5) is 9.59 Å².